The van der Waals surface area contributed by atoms with Crippen molar-refractivity contribution in [2.24, 2.45) is 0 Å². The lowest BCUT2D eigenvalue weighted by molar-refractivity contribution is -0.142. The maximum absolute atomic E-state index is 12.8. The van der Waals surface area contributed by atoms with Crippen LogP contribution in [0.2, 0.25) is 0 Å². The third kappa shape index (κ3) is 4.02. The van der Waals surface area contributed by atoms with Crippen LogP contribution in [0.4, 0.5) is 0 Å². The molecule has 132 valence electrons. The minimum Gasteiger partial charge on any atom is -0.480 e. The van der Waals surface area contributed by atoms with Crippen molar-refractivity contribution in [1.82, 2.24) is 9.29 Å². The molecule has 0 bridgehead atoms. The fraction of sp³-hybridized carbons (Fsp3) is 0.294. The number of piperidine rings is 1. The highest BCUT2D eigenvalue weighted by atomic mass is 32.2. The number of nitrogens with zero attached hydrogens (tertiary/aromatic N) is 2. The molecular weight excluding hydrogens is 360 g/mol. The minimum atomic E-state index is -3.81. The van der Waals surface area contributed by atoms with Gasteiger partial charge in [0.25, 0.3) is 0 Å². The van der Waals surface area contributed by atoms with Gasteiger partial charge in [-0.25, -0.2) is 8.42 Å². The predicted octanol–water partition coefficient (Wildman–Crippen LogP) is 2.86. The van der Waals surface area contributed by atoms with Crippen LogP contribution in [0.25, 0.3) is 0 Å². The van der Waals surface area contributed by atoms with Gasteiger partial charge < -0.3 is 5.11 Å². The number of hydrogen-bond acceptors (Lipinski definition) is 5. The number of benzene rings is 1. The van der Waals surface area contributed by atoms with E-state index in [9.17, 15) is 18.3 Å². The summed E-state index contributed by atoms with van der Waals surface area (Å²) in [6.45, 7) is 0.243. The van der Waals surface area contributed by atoms with Gasteiger partial charge in [0.2, 0.25) is 10.0 Å². The van der Waals surface area contributed by atoms with Crippen molar-refractivity contribution in [1.29, 1.82) is 0 Å². The van der Waals surface area contributed by atoms with Gasteiger partial charge in [-0.1, -0.05) is 11.8 Å². The molecule has 1 saturated heterocycles. The van der Waals surface area contributed by atoms with Gasteiger partial charge in [0.05, 0.1) is 4.90 Å². The second kappa shape index (κ2) is 7.55. The number of hydrogen-bond donors (Lipinski definition) is 1. The van der Waals surface area contributed by atoms with Gasteiger partial charge in [-0.05, 0) is 55.7 Å². The number of pyridine rings is 1. The molecule has 1 aromatic carbocycles. The molecule has 1 aromatic heterocycles. The van der Waals surface area contributed by atoms with Crippen LogP contribution in [0.3, 0.4) is 0 Å². The lowest BCUT2D eigenvalue weighted by Gasteiger charge is -2.31. The topological polar surface area (TPSA) is 87.6 Å². The van der Waals surface area contributed by atoms with Gasteiger partial charge in [0.1, 0.15) is 6.04 Å². The quantitative estimate of drug-likeness (QED) is 0.861. The van der Waals surface area contributed by atoms with Crippen LogP contribution in [0, 0.1) is 0 Å². The molecule has 1 unspecified atom stereocenters. The van der Waals surface area contributed by atoms with Crippen molar-refractivity contribution < 1.29 is 18.3 Å². The molecule has 2 heterocycles. The molecule has 1 N–H and O–H groups in total. The summed E-state index contributed by atoms with van der Waals surface area (Å²) in [5, 5.41) is 9.31. The Balaban J connectivity index is 1.81. The van der Waals surface area contributed by atoms with E-state index in [1.54, 1.807) is 24.5 Å². The molecule has 0 aliphatic carbocycles. The first-order valence-electron chi connectivity index (χ1n) is 7.91. The average Bonchev–Trinajstić information content (AvgIpc) is 2.63. The van der Waals surface area contributed by atoms with E-state index < -0.39 is 22.0 Å². The smallest absolute Gasteiger partial charge is 0.322 e. The Hall–Kier alpha value is -1.90. The van der Waals surface area contributed by atoms with Crippen LogP contribution in [0.15, 0.2) is 63.5 Å². The Morgan fingerprint density at radius 1 is 1.08 bits per heavy atom. The van der Waals surface area contributed by atoms with Crippen molar-refractivity contribution in [3.63, 3.8) is 0 Å². The molecule has 1 aliphatic heterocycles. The molecule has 6 nitrogen and oxygen atoms in total. The zero-order valence-electron chi connectivity index (χ0n) is 13.4. The van der Waals surface area contributed by atoms with Crippen molar-refractivity contribution in [3.05, 3.63) is 48.8 Å². The van der Waals surface area contributed by atoms with E-state index in [0.29, 0.717) is 12.8 Å². The Bertz CT molecular complexity index is 839. The molecule has 0 radical (unpaired) electrons. The second-order valence-electron chi connectivity index (χ2n) is 5.72. The molecule has 3 rings (SSSR count). The predicted molar refractivity (Wildman–Crippen MR) is 94.0 cm³/mol. The molecule has 2 aromatic rings. The summed E-state index contributed by atoms with van der Waals surface area (Å²) in [7, 11) is -3.81. The van der Waals surface area contributed by atoms with Crippen molar-refractivity contribution in [2.75, 3.05) is 6.54 Å². The SMILES string of the molecule is O=C(O)C1CCCCN1S(=O)(=O)c1ccc(Sc2ccncc2)cc1. The summed E-state index contributed by atoms with van der Waals surface area (Å²) >= 11 is 1.51. The fourth-order valence-corrected chi connectivity index (χ4v) is 5.25. The number of carboxylic acid groups (broad SMARTS) is 1. The zero-order chi connectivity index (χ0) is 17.9. The largest absolute Gasteiger partial charge is 0.480 e. The molecule has 0 saturated carbocycles. The van der Waals surface area contributed by atoms with Gasteiger partial charge in [-0.3, -0.25) is 9.78 Å². The van der Waals surface area contributed by atoms with Crippen LogP contribution in [-0.2, 0) is 14.8 Å². The van der Waals surface area contributed by atoms with E-state index in [1.807, 2.05) is 12.1 Å². The average molecular weight is 378 g/mol. The van der Waals surface area contributed by atoms with E-state index in [4.69, 9.17) is 0 Å². The van der Waals surface area contributed by atoms with Crippen LogP contribution >= 0.6 is 11.8 Å². The fourth-order valence-electron chi connectivity index (χ4n) is 2.80. The van der Waals surface area contributed by atoms with Gasteiger partial charge >= 0.3 is 5.97 Å². The number of aromatic nitrogens is 1. The highest BCUT2D eigenvalue weighted by molar-refractivity contribution is 7.99. The Labute approximate surface area is 150 Å². The van der Waals surface area contributed by atoms with Gasteiger partial charge in [-0.15, -0.1) is 0 Å². The van der Waals surface area contributed by atoms with Crippen LogP contribution < -0.4 is 0 Å². The third-order valence-electron chi connectivity index (χ3n) is 4.05. The maximum atomic E-state index is 12.8. The van der Waals surface area contributed by atoms with Gasteiger partial charge in [-0.2, -0.15) is 4.31 Å². The minimum absolute atomic E-state index is 0.125. The number of aliphatic carboxylic acids is 1. The summed E-state index contributed by atoms with van der Waals surface area (Å²) < 4.78 is 26.8. The highest BCUT2D eigenvalue weighted by Gasteiger charge is 2.37. The molecule has 0 amide bonds. The maximum Gasteiger partial charge on any atom is 0.322 e. The van der Waals surface area contributed by atoms with Gasteiger partial charge in [0, 0.05) is 28.7 Å². The standard InChI is InChI=1S/C17H18N2O4S2/c20-17(21)16-3-1-2-12-19(16)25(22,23)15-6-4-13(5-7-15)24-14-8-10-18-11-9-14/h4-11,16H,1-3,12H2,(H,20,21). The molecular formula is C17H18N2O4S2. The third-order valence-corrected chi connectivity index (χ3v) is 6.99. The normalized spacial score (nSPS) is 18.8. The number of rotatable bonds is 5. The van der Waals surface area contributed by atoms with Crippen molar-refractivity contribution >= 4 is 27.8 Å². The summed E-state index contributed by atoms with van der Waals surface area (Å²) in [5.74, 6) is -1.09. The first-order chi connectivity index (χ1) is 12.0. The number of carboxylic acids is 1. The first kappa shape index (κ1) is 17.9. The molecule has 1 atom stereocenters. The number of sulfonamides is 1. The van der Waals surface area contributed by atoms with Crippen LogP contribution in [0.1, 0.15) is 19.3 Å². The lowest BCUT2D eigenvalue weighted by Crippen LogP contribution is -2.47. The molecule has 8 heteroatoms. The Morgan fingerprint density at radius 3 is 2.36 bits per heavy atom. The molecule has 25 heavy (non-hydrogen) atoms. The van der Waals surface area contributed by atoms with Crippen molar-refractivity contribution in [2.45, 2.75) is 40.0 Å². The highest BCUT2D eigenvalue weighted by Crippen LogP contribution is 2.30. The Kier molecular flexibility index (Phi) is 5.41. The molecule has 0 spiro atoms. The monoisotopic (exact) mass is 378 g/mol. The summed E-state index contributed by atoms with van der Waals surface area (Å²) in [6.07, 6.45) is 5.15. The summed E-state index contributed by atoms with van der Waals surface area (Å²) in [6, 6.07) is 9.31. The van der Waals surface area contributed by atoms with Crippen LogP contribution in [-0.4, -0.2) is 41.4 Å². The molecule has 1 aliphatic rings. The van der Waals surface area contributed by atoms with Crippen LogP contribution in [0.5, 0.6) is 0 Å². The van der Waals surface area contributed by atoms with E-state index in [1.165, 1.54) is 23.9 Å². The number of carbonyl (C=O) groups is 1. The lowest BCUT2D eigenvalue weighted by atomic mass is 10.1. The summed E-state index contributed by atoms with van der Waals surface area (Å²) in [4.78, 5) is 17.4. The Morgan fingerprint density at radius 2 is 1.72 bits per heavy atom. The zero-order valence-corrected chi connectivity index (χ0v) is 15.0. The van der Waals surface area contributed by atoms with E-state index >= 15 is 0 Å². The van der Waals surface area contributed by atoms with E-state index in [2.05, 4.69) is 4.98 Å². The molecule has 1 fully saturated rings. The second-order valence-corrected chi connectivity index (χ2v) is 8.76. The first-order valence-corrected chi connectivity index (χ1v) is 10.2. The van der Waals surface area contributed by atoms with Crippen molar-refractivity contribution in [3.8, 4) is 0 Å². The van der Waals surface area contributed by atoms with E-state index in [-0.39, 0.29) is 11.4 Å². The van der Waals surface area contributed by atoms with Gasteiger partial charge in [0.15, 0.2) is 0 Å². The summed E-state index contributed by atoms with van der Waals surface area (Å²) in [5.41, 5.74) is 0. The van der Waals surface area contributed by atoms with E-state index in [0.717, 1.165) is 20.5 Å².